The molecule has 7 aromatic rings. The summed E-state index contributed by atoms with van der Waals surface area (Å²) >= 11 is 13.1. The molecule has 5 heteroatoms. The Balaban J connectivity index is 0.000000229. The number of aryl methyl sites for hydroxylation is 6. The zero-order chi connectivity index (χ0) is 41.9. The zero-order valence-corrected chi connectivity index (χ0v) is 41.9. The second kappa shape index (κ2) is 21.1. The van der Waals surface area contributed by atoms with Crippen molar-refractivity contribution in [1.29, 1.82) is 0 Å². The Morgan fingerprint density at radius 3 is 1.30 bits per heavy atom. The van der Waals surface area contributed by atoms with E-state index in [4.69, 9.17) is 23.2 Å². The van der Waals surface area contributed by atoms with Crippen molar-refractivity contribution in [3.05, 3.63) is 194 Å². The SMILES string of the molecule is CCC1[C-]=CC(C(C)(C)C)=C1.Cc1cc(C)c(-c2ccc3c(c2)[cH-]c2cc(-c4c(C)cc(C)cc4C)ccc23)c(C)c1.Clc1ccc([C](=[Zr+2])c2ccc(Cl)cc2)cc1.[Cl-].[Cl-]. The molecule has 0 nitrogen and oxygen atoms in total. The largest absolute Gasteiger partial charge is 1.00 e. The van der Waals surface area contributed by atoms with Crippen LogP contribution in [0.2, 0.25) is 10.0 Å². The van der Waals surface area contributed by atoms with Crippen LogP contribution in [0.5, 0.6) is 0 Å². The van der Waals surface area contributed by atoms with E-state index < -0.39 is 0 Å². The molecular weight excluding hydrogens is 894 g/mol. The van der Waals surface area contributed by atoms with Crippen molar-refractivity contribution in [2.75, 3.05) is 0 Å². The van der Waals surface area contributed by atoms with Gasteiger partial charge in [-0.05, 0) is 74.9 Å². The molecule has 0 spiro atoms. The van der Waals surface area contributed by atoms with Gasteiger partial charge in [0.1, 0.15) is 0 Å². The van der Waals surface area contributed by atoms with Gasteiger partial charge in [-0.25, -0.2) is 6.08 Å². The number of allylic oxidation sites excluding steroid dienone is 4. The van der Waals surface area contributed by atoms with E-state index in [9.17, 15) is 0 Å². The Morgan fingerprint density at radius 2 is 0.983 bits per heavy atom. The Kier molecular flexibility index (Phi) is 17.3. The molecule has 0 fully saturated rings. The molecule has 7 aromatic carbocycles. The van der Waals surface area contributed by atoms with Crippen LogP contribution >= 0.6 is 23.2 Å². The average Bonchev–Trinajstić information content (AvgIpc) is 3.80. The van der Waals surface area contributed by atoms with Crippen LogP contribution in [0.25, 0.3) is 43.8 Å². The molecule has 0 N–H and O–H groups in total. The summed E-state index contributed by atoms with van der Waals surface area (Å²) in [5, 5.41) is 6.85. The number of hydrogen-bond acceptors (Lipinski definition) is 0. The van der Waals surface area contributed by atoms with Crippen LogP contribution in [-0.4, -0.2) is 3.21 Å². The van der Waals surface area contributed by atoms with Gasteiger partial charge in [-0.15, -0.1) is 39.7 Å². The van der Waals surface area contributed by atoms with E-state index in [1.165, 1.54) is 128 Å². The summed E-state index contributed by atoms with van der Waals surface area (Å²) in [6.45, 7) is 22.2. The van der Waals surface area contributed by atoms with Crippen molar-refractivity contribution in [1.82, 2.24) is 0 Å². The van der Waals surface area contributed by atoms with Gasteiger partial charge >= 0.3 is 120 Å². The van der Waals surface area contributed by atoms with Gasteiger partial charge in [0.15, 0.2) is 0 Å². The molecule has 0 saturated carbocycles. The molecule has 0 heterocycles. The number of halogens is 4. The summed E-state index contributed by atoms with van der Waals surface area (Å²) in [6, 6.07) is 41.2. The Morgan fingerprint density at radius 1 is 0.600 bits per heavy atom. The predicted molar refractivity (Wildman–Crippen MR) is 252 cm³/mol. The van der Waals surface area contributed by atoms with Crippen molar-refractivity contribution in [3.63, 3.8) is 0 Å². The molecule has 0 bridgehead atoms. The first kappa shape index (κ1) is 49.2. The molecule has 1 unspecified atom stereocenters. The van der Waals surface area contributed by atoms with Gasteiger partial charge in [0.25, 0.3) is 0 Å². The maximum Gasteiger partial charge on any atom is -1.00 e. The summed E-state index contributed by atoms with van der Waals surface area (Å²) < 4.78 is 1.31. The van der Waals surface area contributed by atoms with Gasteiger partial charge < -0.3 is 24.8 Å². The quantitative estimate of drug-likeness (QED) is 0.151. The second-order valence-corrected chi connectivity index (χ2v) is 19.0. The maximum absolute atomic E-state index is 5.86. The van der Waals surface area contributed by atoms with Gasteiger partial charge in [-0.1, -0.05) is 116 Å². The van der Waals surface area contributed by atoms with Crippen molar-refractivity contribution in [2.24, 2.45) is 11.3 Å². The Bertz CT molecular complexity index is 2460. The molecule has 0 aliphatic heterocycles. The first-order valence-electron chi connectivity index (χ1n) is 20.2. The topological polar surface area (TPSA) is 0 Å². The van der Waals surface area contributed by atoms with Crippen LogP contribution in [0, 0.1) is 59.0 Å². The number of rotatable bonds is 5. The first-order chi connectivity index (χ1) is 27.5. The minimum atomic E-state index is 0. The van der Waals surface area contributed by atoms with E-state index >= 15 is 0 Å². The smallest absolute Gasteiger partial charge is 1.00 e. The molecular formula is C55H54Cl4Zr-2. The summed E-state index contributed by atoms with van der Waals surface area (Å²) in [6.07, 6.45) is 9.00. The number of benzene rings is 6. The molecule has 308 valence electrons. The van der Waals surface area contributed by atoms with Crippen LogP contribution in [0.15, 0.2) is 133 Å². The van der Waals surface area contributed by atoms with E-state index in [2.05, 4.69) is 154 Å². The van der Waals surface area contributed by atoms with Gasteiger partial charge in [-0.2, -0.15) is 11.6 Å². The molecule has 0 amide bonds. The van der Waals surface area contributed by atoms with Crippen LogP contribution in [0.3, 0.4) is 0 Å². The Labute approximate surface area is 396 Å². The monoisotopic (exact) mass is 944 g/mol. The molecule has 8 rings (SSSR count). The normalized spacial score (nSPS) is 13.1. The van der Waals surface area contributed by atoms with E-state index in [1.54, 1.807) is 0 Å². The van der Waals surface area contributed by atoms with Crippen LogP contribution in [-0.2, 0) is 24.2 Å². The summed E-state index contributed by atoms with van der Waals surface area (Å²) in [5.41, 5.74) is 17.6. The van der Waals surface area contributed by atoms with E-state index in [0.717, 1.165) is 10.0 Å². The minimum Gasteiger partial charge on any atom is -1.00 e. The molecule has 1 atom stereocenters. The summed E-state index contributed by atoms with van der Waals surface area (Å²) in [5.74, 6) is 0.573. The fraction of sp³-hybridized carbons (Fsp3) is 0.236. The third kappa shape index (κ3) is 11.7. The third-order valence-corrected chi connectivity index (χ3v) is 13.0. The number of fused-ring (bicyclic) bond motifs is 3. The molecule has 0 saturated heterocycles. The molecule has 0 aromatic heterocycles. The van der Waals surface area contributed by atoms with Crippen LogP contribution < -0.4 is 24.8 Å². The summed E-state index contributed by atoms with van der Waals surface area (Å²) in [7, 11) is 0. The molecule has 60 heavy (non-hydrogen) atoms. The van der Waals surface area contributed by atoms with Crippen molar-refractivity contribution in [3.8, 4) is 22.3 Å². The standard InChI is InChI=1S/C31H29.C13H8Cl2.C11H17.2ClH.Zr/c1-18-11-20(3)30(21(4)12-18)24-7-9-28-26(15-24)17-27-16-25(8-10-29(27)28)31-22(5)13-19(2)14-23(31)6;14-12-5-1-10(2-6-12)9-11-3-7-13(15)8-4-11;1-5-9-6-7-10(8-9)11(2,3)4;;;/h7-17H,1-6H3;1-8H;7-9H,5H2,1-4H3;2*1H;/q-1;;-1;;;+2/p-2. The van der Waals surface area contributed by atoms with E-state index in [0.29, 0.717) is 11.3 Å². The third-order valence-electron chi connectivity index (χ3n) is 11.0. The van der Waals surface area contributed by atoms with Gasteiger partial charge in [-0.3, -0.25) is 6.08 Å². The fourth-order valence-electron chi connectivity index (χ4n) is 8.22. The maximum atomic E-state index is 5.86. The minimum absolute atomic E-state index is 0. The molecule has 1 aliphatic rings. The van der Waals surface area contributed by atoms with Crippen molar-refractivity contribution >= 4 is 48.0 Å². The predicted octanol–water partition coefficient (Wildman–Crippen LogP) is 10.4. The van der Waals surface area contributed by atoms with Crippen LogP contribution in [0.4, 0.5) is 0 Å². The van der Waals surface area contributed by atoms with Crippen molar-refractivity contribution in [2.45, 2.75) is 75.7 Å². The summed E-state index contributed by atoms with van der Waals surface area (Å²) in [4.78, 5) is 0. The van der Waals surface area contributed by atoms with Gasteiger partial charge in [0.2, 0.25) is 0 Å². The first-order valence-corrected chi connectivity index (χ1v) is 22.2. The molecule has 1 aliphatic carbocycles. The molecule has 0 radical (unpaired) electrons. The van der Waals surface area contributed by atoms with E-state index in [1.807, 2.05) is 48.5 Å². The van der Waals surface area contributed by atoms with Crippen LogP contribution in [0.1, 0.15) is 78.6 Å². The van der Waals surface area contributed by atoms with Crippen molar-refractivity contribution < 1.29 is 49.0 Å². The second-order valence-electron chi connectivity index (χ2n) is 16.9. The fourth-order valence-corrected chi connectivity index (χ4v) is 9.29. The average molecular weight is 948 g/mol. The Hall–Kier alpha value is -3.42. The van der Waals surface area contributed by atoms with Gasteiger partial charge in [0, 0.05) is 0 Å². The number of hydrogen-bond donors (Lipinski definition) is 0. The zero-order valence-electron chi connectivity index (χ0n) is 36.4. The van der Waals surface area contributed by atoms with Gasteiger partial charge in [0.05, 0.1) is 0 Å². The van der Waals surface area contributed by atoms with E-state index in [-0.39, 0.29) is 24.8 Å².